The predicted molar refractivity (Wildman–Crippen MR) is 167 cm³/mol. The van der Waals surface area contributed by atoms with Gasteiger partial charge in [0.1, 0.15) is 41.4 Å². The van der Waals surface area contributed by atoms with Crippen molar-refractivity contribution in [1.82, 2.24) is 39.0 Å². The fourth-order valence-electron chi connectivity index (χ4n) is 7.23. The van der Waals surface area contributed by atoms with Crippen molar-refractivity contribution < 1.29 is 42.3 Å². The number of thiol groups is 1. The minimum absolute atomic E-state index is 0.0420. The van der Waals surface area contributed by atoms with E-state index in [1.165, 1.54) is 35.3 Å². The van der Waals surface area contributed by atoms with E-state index in [-0.39, 0.29) is 23.6 Å². The van der Waals surface area contributed by atoms with Crippen LogP contribution in [0, 0.1) is 24.2 Å². The maximum absolute atomic E-state index is 13.8. The molecule has 6 N–H and O–H groups in total. The van der Waals surface area contributed by atoms with Crippen molar-refractivity contribution in [3.8, 4) is 0 Å². The van der Waals surface area contributed by atoms with Crippen molar-refractivity contribution in [3.05, 3.63) is 35.2 Å². The van der Waals surface area contributed by atoms with E-state index < -0.39 is 85.6 Å². The predicted octanol–water partition coefficient (Wildman–Crippen LogP) is 0.950. The van der Waals surface area contributed by atoms with Gasteiger partial charge in [-0.15, -0.1) is 11.8 Å². The molecule has 6 heterocycles. The van der Waals surface area contributed by atoms with Crippen LogP contribution < -0.4 is 11.3 Å². The third-order valence-corrected chi connectivity index (χ3v) is 13.6. The number of nitrogen functional groups attached to an aromatic ring is 1. The summed E-state index contributed by atoms with van der Waals surface area (Å²) in [6.07, 6.45) is 0.734. The van der Waals surface area contributed by atoms with Gasteiger partial charge < -0.3 is 30.4 Å². The lowest BCUT2D eigenvalue weighted by Gasteiger charge is -2.30. The molecule has 1 spiro atoms. The summed E-state index contributed by atoms with van der Waals surface area (Å²) in [5.74, 6) is -0.772. The van der Waals surface area contributed by atoms with E-state index in [1.54, 1.807) is 11.5 Å². The Labute approximate surface area is 273 Å². The number of imidazole rings is 2. The number of aromatic amines is 1. The maximum Gasteiger partial charge on any atom is 0.472 e. The summed E-state index contributed by atoms with van der Waals surface area (Å²) >= 11 is 5.41. The van der Waals surface area contributed by atoms with Gasteiger partial charge in [-0.2, -0.15) is 0 Å². The topological polar surface area (TPSA) is 265 Å². The number of nitrogens with zero attached hydrogens (tertiary/aromatic N) is 7. The number of hydrogen-bond acceptors (Lipinski definition) is 16. The van der Waals surface area contributed by atoms with Gasteiger partial charge in [0.05, 0.1) is 31.9 Å². The molecule has 8 rings (SSSR count). The van der Waals surface area contributed by atoms with Crippen molar-refractivity contribution in [1.29, 1.82) is 0 Å². The van der Waals surface area contributed by atoms with Gasteiger partial charge in [-0.05, 0) is 19.3 Å². The zero-order chi connectivity index (χ0) is 33.0. The molecule has 252 valence electrons. The molecule has 0 radical (unpaired) electrons. The van der Waals surface area contributed by atoms with E-state index in [9.17, 15) is 29.0 Å². The average molecular weight is 730 g/mol. The second kappa shape index (κ2) is 11.0. The molecular weight excluding hydrogens is 700 g/mol. The van der Waals surface area contributed by atoms with Crippen LogP contribution in [0.4, 0.5) is 5.82 Å². The van der Waals surface area contributed by atoms with E-state index in [0.29, 0.717) is 23.4 Å². The number of phosphoric ester groups is 1. The molecule has 0 aromatic carbocycles. The van der Waals surface area contributed by atoms with Gasteiger partial charge in [-0.1, -0.05) is 12.2 Å². The van der Waals surface area contributed by atoms with E-state index >= 15 is 0 Å². The Balaban J connectivity index is 1.15. The number of aliphatic hydroxyl groups excluding tert-OH is 2. The number of fused-ring (bicyclic) bond motifs is 4. The smallest absolute Gasteiger partial charge is 0.396 e. The number of nitrogens with two attached hydrogens (primary N) is 1. The number of aromatic nitrogens is 8. The van der Waals surface area contributed by atoms with Crippen LogP contribution in [0.1, 0.15) is 23.7 Å². The molecule has 4 aromatic rings. The summed E-state index contributed by atoms with van der Waals surface area (Å²) in [6.45, 7) is -3.83. The van der Waals surface area contributed by atoms with Crippen molar-refractivity contribution in [2.45, 2.75) is 48.3 Å². The lowest BCUT2D eigenvalue weighted by molar-refractivity contribution is -0.0211. The Kier molecular flexibility index (Phi) is 7.48. The maximum atomic E-state index is 13.8. The Hall–Kier alpha value is -2.42. The molecule has 2 unspecified atom stereocenters. The summed E-state index contributed by atoms with van der Waals surface area (Å²) in [5, 5.41) is 20.5. The van der Waals surface area contributed by atoms with Crippen LogP contribution in [0.25, 0.3) is 22.3 Å². The second-order valence-corrected chi connectivity index (χ2v) is 17.7. The molecule has 4 fully saturated rings. The molecule has 11 atom stereocenters. The minimum atomic E-state index is -4.88. The van der Waals surface area contributed by atoms with Crippen LogP contribution in [-0.4, -0.2) is 97.5 Å². The molecule has 2 aliphatic heterocycles. The standard InChI is InChI=1S/C24H29N9O10P2S2/c1-9-30-21-14(22(36)31-9)29-8-33(21)23-17-10(3-34)12(47-23)4-40-45(39,46)43-18-16(35)15(11-2-24(11,18)5-41-44(37,38)42-17)32-7-28-13-19(25)26-6-27-20(13)32/h6-8,10-12,15-18,23,34-35H,2-5H2,1H3,(H,37,38)(H,39,46)(H2,25,26,27)(H,30,31,36)/t10-,11-,12-,15-,16+,17-,18+,23-,24?,45-/m1/s1. The highest BCUT2D eigenvalue weighted by Gasteiger charge is 2.74. The van der Waals surface area contributed by atoms with Gasteiger partial charge in [0.2, 0.25) is 0 Å². The monoisotopic (exact) mass is 729 g/mol. The quantitative estimate of drug-likeness (QED) is 0.127. The number of H-pyrrole nitrogens is 1. The highest BCUT2D eigenvalue weighted by Crippen LogP contribution is 2.73. The minimum Gasteiger partial charge on any atom is -0.396 e. The van der Waals surface area contributed by atoms with Gasteiger partial charge in [0.25, 0.3) is 5.56 Å². The molecular formula is C24H29N9O10P2S2. The molecule has 2 saturated carbocycles. The molecule has 0 amide bonds. The van der Waals surface area contributed by atoms with Crippen LogP contribution in [0.2, 0.25) is 0 Å². The highest BCUT2D eigenvalue weighted by molar-refractivity contribution is 8.44. The van der Waals surface area contributed by atoms with E-state index in [4.69, 9.17) is 23.8 Å². The number of thioether (sulfide) groups is 1. The average Bonchev–Trinajstić information content (AvgIpc) is 3.30. The summed E-state index contributed by atoms with van der Waals surface area (Å²) in [4.78, 5) is 47.3. The number of aryl methyl sites for hydroxylation is 1. The number of anilines is 1. The Morgan fingerprint density at radius 1 is 1.15 bits per heavy atom. The van der Waals surface area contributed by atoms with Crippen molar-refractivity contribution in [2.75, 3.05) is 25.6 Å². The first kappa shape index (κ1) is 31.8. The SMILES string of the molecule is Cc1nc2c(ncn2[C@@H]2S[C@@H]3CO[P@@](=O)(S)O[C@H]4[C@@H](O)[C@H](n5cnc6c(N)ncnc65)[C@H]5CC54COP(=O)(O)O[C@@H]2[C@@H]3CO)c(=O)[nH]1. The fraction of sp³-hybridized carbons (Fsp3) is 0.583. The molecule has 2 saturated heterocycles. The van der Waals surface area contributed by atoms with Crippen LogP contribution in [0.3, 0.4) is 0 Å². The van der Waals surface area contributed by atoms with E-state index in [0.717, 1.165) is 0 Å². The number of aliphatic hydroxyl groups is 2. The van der Waals surface area contributed by atoms with Gasteiger partial charge in [-0.25, -0.2) is 34.0 Å². The Morgan fingerprint density at radius 3 is 2.70 bits per heavy atom. The first-order valence-electron chi connectivity index (χ1n) is 14.4. The van der Waals surface area contributed by atoms with Crippen molar-refractivity contribution >= 4 is 66.8 Å². The first-order chi connectivity index (χ1) is 22.3. The zero-order valence-corrected chi connectivity index (χ0v) is 27.8. The number of rotatable bonds is 3. The zero-order valence-electron chi connectivity index (χ0n) is 24.3. The van der Waals surface area contributed by atoms with Gasteiger partial charge in [-0.3, -0.25) is 27.5 Å². The Morgan fingerprint density at radius 2 is 1.91 bits per heavy atom. The van der Waals surface area contributed by atoms with Gasteiger partial charge in [0.15, 0.2) is 22.6 Å². The number of nitrogens with one attached hydrogen (secondary N) is 1. The molecule has 47 heavy (non-hydrogen) atoms. The first-order valence-corrected chi connectivity index (χ1v) is 19.6. The molecule has 19 nitrogen and oxygen atoms in total. The largest absolute Gasteiger partial charge is 0.472 e. The molecule has 4 aromatic heterocycles. The molecule has 23 heteroatoms. The highest BCUT2D eigenvalue weighted by atomic mass is 32.7. The van der Waals surface area contributed by atoms with Gasteiger partial charge >= 0.3 is 14.6 Å². The van der Waals surface area contributed by atoms with Crippen LogP contribution >= 0.6 is 38.6 Å². The molecule has 4 aliphatic rings. The lowest BCUT2D eigenvalue weighted by atomic mass is 10.00. The number of phosphoric acid groups is 1. The fourth-order valence-corrected chi connectivity index (χ4v) is 11.6. The summed E-state index contributed by atoms with van der Waals surface area (Å²) in [5.41, 5.74) is 5.32. The van der Waals surface area contributed by atoms with Crippen LogP contribution in [0.15, 0.2) is 23.8 Å². The Bertz CT molecular complexity index is 2060. The van der Waals surface area contributed by atoms with Gasteiger partial charge in [0, 0.05) is 23.2 Å². The summed E-state index contributed by atoms with van der Waals surface area (Å²) in [7, 11) is -4.88. The molecule has 2 aliphatic carbocycles. The lowest BCUT2D eigenvalue weighted by Crippen LogP contribution is -2.37. The third kappa shape index (κ3) is 5.10. The van der Waals surface area contributed by atoms with Crippen LogP contribution in [-0.2, 0) is 27.2 Å². The van der Waals surface area contributed by atoms with Crippen molar-refractivity contribution in [2.24, 2.45) is 17.3 Å². The summed E-state index contributed by atoms with van der Waals surface area (Å²) in [6, 6.07) is -0.716. The van der Waals surface area contributed by atoms with E-state index in [1.807, 2.05) is 0 Å². The van der Waals surface area contributed by atoms with Crippen LogP contribution in [0.5, 0.6) is 0 Å². The van der Waals surface area contributed by atoms with E-state index in [2.05, 4.69) is 42.2 Å². The second-order valence-electron chi connectivity index (χ2n) is 12.1. The number of hydrogen-bond donors (Lipinski definition) is 6. The normalized spacial score (nSPS) is 40.4. The van der Waals surface area contributed by atoms with Crippen molar-refractivity contribution in [3.63, 3.8) is 0 Å². The third-order valence-electron chi connectivity index (χ3n) is 9.46. The molecule has 2 bridgehead atoms. The summed E-state index contributed by atoms with van der Waals surface area (Å²) < 4.78 is 53.7.